The van der Waals surface area contributed by atoms with E-state index in [-0.39, 0.29) is 12.1 Å². The van der Waals surface area contributed by atoms with Crippen LogP contribution in [0.25, 0.3) is 0 Å². The average Bonchev–Trinajstić information content (AvgIpc) is 2.40. The van der Waals surface area contributed by atoms with Gasteiger partial charge in [-0.2, -0.15) is 0 Å². The Morgan fingerprint density at radius 1 is 1.39 bits per heavy atom. The summed E-state index contributed by atoms with van der Waals surface area (Å²) < 4.78 is 5.59. The maximum absolute atomic E-state index is 12.3. The molecule has 4 nitrogen and oxygen atoms in total. The summed E-state index contributed by atoms with van der Waals surface area (Å²) >= 11 is 0. The lowest BCUT2D eigenvalue weighted by Crippen LogP contribution is -2.51. The maximum atomic E-state index is 12.3. The van der Waals surface area contributed by atoms with Crippen LogP contribution in [-0.2, 0) is 9.53 Å². The van der Waals surface area contributed by atoms with Gasteiger partial charge in [0.1, 0.15) is 0 Å². The lowest BCUT2D eigenvalue weighted by Gasteiger charge is -2.35. The van der Waals surface area contributed by atoms with Crippen LogP contribution in [0.15, 0.2) is 0 Å². The summed E-state index contributed by atoms with van der Waals surface area (Å²) in [6.45, 7) is 3.97. The third-order valence-corrected chi connectivity index (χ3v) is 4.22. The van der Waals surface area contributed by atoms with Gasteiger partial charge in [0, 0.05) is 25.6 Å². The van der Waals surface area contributed by atoms with E-state index in [1.807, 2.05) is 11.8 Å². The van der Waals surface area contributed by atoms with Crippen LogP contribution in [0, 0.1) is 5.92 Å². The maximum Gasteiger partial charge on any atom is 0.223 e. The van der Waals surface area contributed by atoms with Gasteiger partial charge in [0.15, 0.2) is 0 Å². The molecule has 0 bridgehead atoms. The summed E-state index contributed by atoms with van der Waals surface area (Å²) in [5.74, 6) is 0.915. The average molecular weight is 254 g/mol. The van der Waals surface area contributed by atoms with Crippen molar-refractivity contribution in [3.63, 3.8) is 0 Å². The van der Waals surface area contributed by atoms with E-state index in [9.17, 15) is 4.79 Å². The molecule has 1 aliphatic carbocycles. The highest BCUT2D eigenvalue weighted by Crippen LogP contribution is 2.27. The Hall–Kier alpha value is -0.610. The fourth-order valence-corrected chi connectivity index (χ4v) is 2.99. The van der Waals surface area contributed by atoms with Gasteiger partial charge in [-0.1, -0.05) is 19.3 Å². The Balaban J connectivity index is 1.80. The predicted molar refractivity (Wildman–Crippen MR) is 71.2 cm³/mol. The number of amides is 1. The zero-order valence-electron chi connectivity index (χ0n) is 11.4. The van der Waals surface area contributed by atoms with Crippen molar-refractivity contribution in [1.29, 1.82) is 0 Å². The molecule has 2 atom stereocenters. The molecule has 0 radical (unpaired) electrons. The van der Waals surface area contributed by atoms with Gasteiger partial charge in [-0.3, -0.25) is 4.79 Å². The SMILES string of the molecule is CC(N)C1CN(C(=O)CC2CCCCC2)CCO1. The molecule has 0 aromatic carbocycles. The number of carbonyl (C=O) groups is 1. The number of morpholine rings is 1. The number of ether oxygens (including phenoxy) is 1. The highest BCUT2D eigenvalue weighted by atomic mass is 16.5. The van der Waals surface area contributed by atoms with Crippen LogP contribution in [0.2, 0.25) is 0 Å². The van der Waals surface area contributed by atoms with Gasteiger partial charge < -0.3 is 15.4 Å². The summed E-state index contributed by atoms with van der Waals surface area (Å²) in [6.07, 6.45) is 7.13. The van der Waals surface area contributed by atoms with Crippen LogP contribution in [-0.4, -0.2) is 42.6 Å². The zero-order valence-corrected chi connectivity index (χ0v) is 11.4. The molecule has 1 saturated heterocycles. The molecule has 2 rings (SSSR count). The molecule has 1 amide bonds. The first kappa shape index (κ1) is 13.8. The Morgan fingerprint density at radius 3 is 2.78 bits per heavy atom. The quantitative estimate of drug-likeness (QED) is 0.831. The molecule has 4 heteroatoms. The molecule has 1 saturated carbocycles. The summed E-state index contributed by atoms with van der Waals surface area (Å²) in [5, 5.41) is 0. The second kappa shape index (κ2) is 6.53. The van der Waals surface area contributed by atoms with Crippen molar-refractivity contribution in [2.24, 2.45) is 11.7 Å². The number of nitrogens with zero attached hydrogens (tertiary/aromatic N) is 1. The molecule has 2 unspecified atom stereocenters. The van der Waals surface area contributed by atoms with Gasteiger partial charge in [-0.25, -0.2) is 0 Å². The van der Waals surface area contributed by atoms with Crippen LogP contribution in [0.4, 0.5) is 0 Å². The smallest absolute Gasteiger partial charge is 0.223 e. The van der Waals surface area contributed by atoms with Crippen LogP contribution < -0.4 is 5.73 Å². The molecule has 2 fully saturated rings. The van der Waals surface area contributed by atoms with E-state index in [0.29, 0.717) is 25.0 Å². The van der Waals surface area contributed by atoms with Crippen LogP contribution in [0.3, 0.4) is 0 Å². The van der Waals surface area contributed by atoms with Gasteiger partial charge >= 0.3 is 0 Å². The van der Waals surface area contributed by atoms with Crippen LogP contribution in [0.5, 0.6) is 0 Å². The first-order valence-electron chi connectivity index (χ1n) is 7.32. The minimum absolute atomic E-state index is 0.00437. The van der Waals surface area contributed by atoms with Crippen molar-refractivity contribution in [2.45, 2.75) is 57.6 Å². The van der Waals surface area contributed by atoms with E-state index in [1.54, 1.807) is 0 Å². The van der Waals surface area contributed by atoms with Crippen molar-refractivity contribution in [1.82, 2.24) is 4.90 Å². The minimum Gasteiger partial charge on any atom is -0.373 e. The standard InChI is InChI=1S/C14H26N2O2/c1-11(15)13-10-16(7-8-18-13)14(17)9-12-5-3-2-4-6-12/h11-13H,2-10,15H2,1H3. The van der Waals surface area contributed by atoms with E-state index >= 15 is 0 Å². The lowest BCUT2D eigenvalue weighted by molar-refractivity contribution is -0.140. The number of rotatable bonds is 3. The van der Waals surface area contributed by atoms with Crippen LogP contribution >= 0.6 is 0 Å². The van der Waals surface area contributed by atoms with Crippen molar-refractivity contribution in [3.8, 4) is 0 Å². The Bertz CT molecular complexity index is 275. The highest BCUT2D eigenvalue weighted by molar-refractivity contribution is 5.76. The largest absolute Gasteiger partial charge is 0.373 e. The van der Waals surface area contributed by atoms with Crippen molar-refractivity contribution >= 4 is 5.91 Å². The summed E-state index contributed by atoms with van der Waals surface area (Å²) in [7, 11) is 0. The Labute approximate surface area is 110 Å². The lowest BCUT2D eigenvalue weighted by atomic mass is 9.86. The molecule has 104 valence electrons. The van der Waals surface area contributed by atoms with Crippen LogP contribution in [0.1, 0.15) is 45.4 Å². The molecule has 0 aromatic rings. The number of nitrogens with two attached hydrogens (primary N) is 1. The second-order valence-electron chi connectivity index (χ2n) is 5.82. The molecule has 0 aromatic heterocycles. The molecular weight excluding hydrogens is 228 g/mol. The monoisotopic (exact) mass is 254 g/mol. The van der Waals surface area contributed by atoms with Crippen molar-refractivity contribution in [2.75, 3.05) is 19.7 Å². The van der Waals surface area contributed by atoms with Gasteiger partial charge in [-0.05, 0) is 25.7 Å². The Morgan fingerprint density at radius 2 is 2.11 bits per heavy atom. The minimum atomic E-state index is -0.00437. The summed E-state index contributed by atoms with van der Waals surface area (Å²) in [6, 6.07) is -0.00437. The molecule has 2 N–H and O–H groups in total. The molecule has 18 heavy (non-hydrogen) atoms. The first-order valence-corrected chi connectivity index (χ1v) is 7.32. The summed E-state index contributed by atoms with van der Waals surface area (Å²) in [4.78, 5) is 14.2. The summed E-state index contributed by atoms with van der Waals surface area (Å²) in [5.41, 5.74) is 5.85. The van der Waals surface area contributed by atoms with Gasteiger partial charge in [0.2, 0.25) is 5.91 Å². The van der Waals surface area contributed by atoms with E-state index in [1.165, 1.54) is 32.1 Å². The number of carbonyl (C=O) groups excluding carboxylic acids is 1. The fraction of sp³-hybridized carbons (Fsp3) is 0.929. The third-order valence-electron chi connectivity index (χ3n) is 4.22. The van der Waals surface area contributed by atoms with Gasteiger partial charge in [0.05, 0.1) is 12.7 Å². The molecule has 1 heterocycles. The highest BCUT2D eigenvalue weighted by Gasteiger charge is 2.28. The Kier molecular flexibility index (Phi) is 5.01. The van der Waals surface area contributed by atoms with E-state index in [2.05, 4.69) is 0 Å². The first-order chi connectivity index (χ1) is 8.66. The van der Waals surface area contributed by atoms with Gasteiger partial charge in [0.25, 0.3) is 0 Å². The number of hydrogen-bond donors (Lipinski definition) is 1. The normalized spacial score (nSPS) is 28.1. The second-order valence-corrected chi connectivity index (χ2v) is 5.82. The van der Waals surface area contributed by atoms with Crippen molar-refractivity contribution in [3.05, 3.63) is 0 Å². The molecule has 1 aliphatic heterocycles. The van der Waals surface area contributed by atoms with E-state index in [0.717, 1.165) is 13.0 Å². The fourth-order valence-electron chi connectivity index (χ4n) is 2.99. The zero-order chi connectivity index (χ0) is 13.0. The topological polar surface area (TPSA) is 55.6 Å². The van der Waals surface area contributed by atoms with Gasteiger partial charge in [-0.15, -0.1) is 0 Å². The van der Waals surface area contributed by atoms with E-state index < -0.39 is 0 Å². The molecule has 0 spiro atoms. The number of hydrogen-bond acceptors (Lipinski definition) is 3. The predicted octanol–water partition coefficient (Wildman–Crippen LogP) is 1.53. The van der Waals surface area contributed by atoms with Crippen molar-refractivity contribution < 1.29 is 9.53 Å². The third kappa shape index (κ3) is 3.69. The van der Waals surface area contributed by atoms with E-state index in [4.69, 9.17) is 10.5 Å². The molecular formula is C14H26N2O2. The molecule has 2 aliphatic rings.